The number of esters is 1. The number of rotatable bonds is 7. The van der Waals surface area contributed by atoms with E-state index in [0.717, 1.165) is 0 Å². The second-order valence-corrected chi connectivity index (χ2v) is 11.7. The van der Waals surface area contributed by atoms with Crippen LogP contribution < -0.4 is 0 Å². The summed E-state index contributed by atoms with van der Waals surface area (Å²) in [5, 5.41) is 18.8. The molecule has 23 heavy (non-hydrogen) atoms. The number of halogens is 3. The molecule has 0 aromatic rings. The second-order valence-electron chi connectivity index (χ2n) is 6.91. The Hall–Kier alpha value is -0.643. The smallest absolute Gasteiger partial charge is 0.413 e. The van der Waals surface area contributed by atoms with Gasteiger partial charge in [-0.1, -0.05) is 20.8 Å². The molecule has 0 aromatic heterocycles. The topological polar surface area (TPSA) is 76.0 Å². The van der Waals surface area contributed by atoms with E-state index in [0.29, 0.717) is 0 Å². The van der Waals surface area contributed by atoms with Gasteiger partial charge >= 0.3 is 12.1 Å². The summed E-state index contributed by atoms with van der Waals surface area (Å²) < 4.78 is 49.4. The van der Waals surface area contributed by atoms with Gasteiger partial charge in [0.1, 0.15) is 6.10 Å². The van der Waals surface area contributed by atoms with E-state index < -0.39 is 50.2 Å². The van der Waals surface area contributed by atoms with Crippen molar-refractivity contribution in [1.29, 1.82) is 0 Å². The van der Waals surface area contributed by atoms with E-state index in [-0.39, 0.29) is 6.61 Å². The molecule has 0 bridgehead atoms. The summed E-state index contributed by atoms with van der Waals surface area (Å²) in [5.41, 5.74) is 0. The molecule has 138 valence electrons. The third-order valence-corrected chi connectivity index (χ3v) is 8.44. The van der Waals surface area contributed by atoms with Crippen molar-refractivity contribution in [2.75, 3.05) is 6.61 Å². The van der Waals surface area contributed by atoms with Crippen molar-refractivity contribution in [1.82, 2.24) is 0 Å². The van der Waals surface area contributed by atoms with Crippen LogP contribution >= 0.6 is 0 Å². The van der Waals surface area contributed by atoms with Crippen molar-refractivity contribution in [3.8, 4) is 0 Å². The molecular weight excluding hydrogens is 333 g/mol. The summed E-state index contributed by atoms with van der Waals surface area (Å²) in [6.45, 7) is 10.1. The van der Waals surface area contributed by atoms with Crippen LogP contribution in [0.5, 0.6) is 0 Å². The Kier molecular flexibility index (Phi) is 7.73. The zero-order chi connectivity index (χ0) is 18.6. The molecule has 0 aromatic carbocycles. The third-order valence-electron chi connectivity index (χ3n) is 3.96. The van der Waals surface area contributed by atoms with Gasteiger partial charge in [-0.25, -0.2) is 4.79 Å². The quantitative estimate of drug-likeness (QED) is 0.539. The fraction of sp³-hybridized carbons (Fsp3) is 0.929. The molecule has 0 amide bonds. The van der Waals surface area contributed by atoms with Crippen LogP contribution in [-0.4, -0.2) is 55.6 Å². The van der Waals surface area contributed by atoms with E-state index in [1.165, 1.54) is 6.92 Å². The van der Waals surface area contributed by atoms with Crippen molar-refractivity contribution >= 4 is 14.3 Å². The number of aliphatic hydroxyl groups excluding tert-OH is 2. The summed E-state index contributed by atoms with van der Waals surface area (Å²) in [4.78, 5) is 11.3. The van der Waals surface area contributed by atoms with Crippen LogP contribution in [0, 0.1) is 0 Å². The maximum Gasteiger partial charge on any atom is 0.413 e. The molecule has 0 fully saturated rings. The maximum absolute atomic E-state index is 13.2. The average Bonchev–Trinajstić information content (AvgIpc) is 2.34. The summed E-state index contributed by atoms with van der Waals surface area (Å²) in [6, 6.07) is 0. The van der Waals surface area contributed by atoms with Crippen LogP contribution in [-0.2, 0) is 14.0 Å². The minimum atomic E-state index is -4.72. The van der Waals surface area contributed by atoms with Gasteiger partial charge in [-0.15, -0.1) is 0 Å². The van der Waals surface area contributed by atoms with Crippen LogP contribution in [0.15, 0.2) is 0 Å². The Morgan fingerprint density at radius 1 is 1.17 bits per heavy atom. The SMILES string of the molecule is CCOC(=O)[C@@H](O)[C@H](O)C[C@@H](O[Si](C)(C)C(C)(C)C)C(F)(F)F. The Bertz CT molecular complexity index is 393. The fourth-order valence-electron chi connectivity index (χ4n) is 1.51. The van der Waals surface area contributed by atoms with Gasteiger partial charge in [0, 0.05) is 6.42 Å². The predicted molar refractivity (Wildman–Crippen MR) is 81.4 cm³/mol. The predicted octanol–water partition coefficient (Wildman–Crippen LogP) is 2.61. The van der Waals surface area contributed by atoms with E-state index >= 15 is 0 Å². The first-order chi connectivity index (χ1) is 10.1. The monoisotopic (exact) mass is 360 g/mol. The van der Waals surface area contributed by atoms with Crippen molar-refractivity contribution < 1.29 is 37.3 Å². The van der Waals surface area contributed by atoms with Gasteiger partial charge in [0.15, 0.2) is 14.4 Å². The lowest BCUT2D eigenvalue weighted by Crippen LogP contribution is -2.50. The lowest BCUT2D eigenvalue weighted by Gasteiger charge is -2.40. The molecule has 3 atom stereocenters. The van der Waals surface area contributed by atoms with Gasteiger partial charge in [-0.05, 0) is 25.1 Å². The molecule has 0 radical (unpaired) electrons. The van der Waals surface area contributed by atoms with Crippen LogP contribution in [0.4, 0.5) is 13.2 Å². The number of carbonyl (C=O) groups is 1. The largest absolute Gasteiger partial charge is 0.464 e. The molecule has 0 spiro atoms. The minimum Gasteiger partial charge on any atom is -0.464 e. The fourth-order valence-corrected chi connectivity index (χ4v) is 2.81. The van der Waals surface area contributed by atoms with E-state index in [9.17, 15) is 28.2 Å². The van der Waals surface area contributed by atoms with Crippen LogP contribution in [0.2, 0.25) is 18.1 Å². The van der Waals surface area contributed by atoms with E-state index in [4.69, 9.17) is 4.43 Å². The van der Waals surface area contributed by atoms with Gasteiger partial charge in [-0.3, -0.25) is 0 Å². The van der Waals surface area contributed by atoms with Gasteiger partial charge in [0.2, 0.25) is 0 Å². The standard InChI is InChI=1S/C14H27F3O5Si/c1-7-21-12(20)11(19)9(18)8-10(14(15,16)17)22-23(5,6)13(2,3)4/h9-11,18-19H,7-8H2,1-6H3/t9-,10-,11+/m1/s1. The Labute approximate surface area is 135 Å². The third kappa shape index (κ3) is 6.78. The zero-order valence-corrected chi connectivity index (χ0v) is 15.4. The molecule has 0 aliphatic rings. The van der Waals surface area contributed by atoms with E-state index in [2.05, 4.69) is 4.74 Å². The molecule has 0 saturated heterocycles. The Morgan fingerprint density at radius 3 is 2.00 bits per heavy atom. The Morgan fingerprint density at radius 2 is 1.65 bits per heavy atom. The number of aliphatic hydroxyl groups is 2. The highest BCUT2D eigenvalue weighted by Gasteiger charge is 2.49. The first-order valence-electron chi connectivity index (χ1n) is 7.40. The molecule has 0 heterocycles. The number of hydrogen-bond acceptors (Lipinski definition) is 5. The lowest BCUT2D eigenvalue weighted by atomic mass is 10.1. The van der Waals surface area contributed by atoms with Crippen LogP contribution in [0.25, 0.3) is 0 Å². The van der Waals surface area contributed by atoms with Gasteiger partial charge in [-0.2, -0.15) is 13.2 Å². The number of alkyl halides is 3. The second kappa shape index (κ2) is 7.95. The average molecular weight is 360 g/mol. The highest BCUT2D eigenvalue weighted by Crippen LogP contribution is 2.40. The highest BCUT2D eigenvalue weighted by molar-refractivity contribution is 6.74. The molecule has 9 heteroatoms. The van der Waals surface area contributed by atoms with Gasteiger partial charge in [0.25, 0.3) is 0 Å². The molecular formula is C14H27F3O5Si. The normalized spacial score (nSPS) is 17.5. The summed E-state index contributed by atoms with van der Waals surface area (Å²) >= 11 is 0. The van der Waals surface area contributed by atoms with Crippen molar-refractivity contribution in [3.63, 3.8) is 0 Å². The molecule has 5 nitrogen and oxygen atoms in total. The van der Waals surface area contributed by atoms with E-state index in [1.807, 2.05) is 0 Å². The van der Waals surface area contributed by atoms with Crippen molar-refractivity contribution in [2.24, 2.45) is 0 Å². The molecule has 0 unspecified atom stereocenters. The first kappa shape index (κ1) is 22.4. The lowest BCUT2D eigenvalue weighted by molar-refractivity contribution is -0.210. The number of ether oxygens (including phenoxy) is 1. The molecule has 0 rings (SSSR count). The first-order valence-corrected chi connectivity index (χ1v) is 10.3. The number of hydrogen-bond donors (Lipinski definition) is 2. The maximum atomic E-state index is 13.2. The van der Waals surface area contributed by atoms with Crippen LogP contribution in [0.1, 0.15) is 34.1 Å². The summed E-state index contributed by atoms with van der Waals surface area (Å²) in [5.74, 6) is -1.16. The molecule has 2 N–H and O–H groups in total. The molecule has 0 aliphatic carbocycles. The van der Waals surface area contributed by atoms with E-state index in [1.54, 1.807) is 33.9 Å². The van der Waals surface area contributed by atoms with Crippen LogP contribution in [0.3, 0.4) is 0 Å². The van der Waals surface area contributed by atoms with Crippen molar-refractivity contribution in [3.05, 3.63) is 0 Å². The summed E-state index contributed by atoms with van der Waals surface area (Å²) in [7, 11) is -2.75. The molecule has 0 aliphatic heterocycles. The number of carbonyl (C=O) groups excluding carboxylic acids is 1. The highest BCUT2D eigenvalue weighted by atomic mass is 28.4. The van der Waals surface area contributed by atoms with Crippen molar-refractivity contribution in [2.45, 2.75) is 76.7 Å². The minimum absolute atomic E-state index is 0.0498. The Balaban J connectivity index is 5.13. The molecule has 0 saturated carbocycles. The van der Waals surface area contributed by atoms with Gasteiger partial charge < -0.3 is 19.4 Å². The summed E-state index contributed by atoms with van der Waals surface area (Å²) in [6.07, 6.45) is -11.9. The zero-order valence-electron chi connectivity index (χ0n) is 14.4. The van der Waals surface area contributed by atoms with Gasteiger partial charge in [0.05, 0.1) is 12.7 Å².